The number of benzene rings is 2. The van der Waals surface area contributed by atoms with E-state index in [0.717, 1.165) is 12.1 Å². The van der Waals surface area contributed by atoms with Crippen LogP contribution in [0.15, 0.2) is 41.3 Å². The molecule has 2 aromatic rings. The summed E-state index contributed by atoms with van der Waals surface area (Å²) in [4.78, 5) is 0.0593. The zero-order valence-electron chi connectivity index (χ0n) is 10.8. The molecule has 0 spiro atoms. The molecule has 4 nitrogen and oxygen atoms in total. The lowest BCUT2D eigenvalue weighted by Gasteiger charge is -2.12. The molecule has 0 atom stereocenters. The van der Waals surface area contributed by atoms with Crippen molar-refractivity contribution >= 4 is 44.6 Å². The molecule has 0 aliphatic carbocycles. The summed E-state index contributed by atoms with van der Waals surface area (Å²) in [5.41, 5.74) is 0.515. The molecule has 8 heteroatoms. The number of rotatable bonds is 4. The minimum Gasteiger partial charge on any atom is -0.387 e. The van der Waals surface area contributed by atoms with Crippen LogP contribution in [0, 0.1) is 5.82 Å². The number of para-hydroxylation sites is 1. The molecule has 0 aliphatic rings. The van der Waals surface area contributed by atoms with Crippen LogP contribution in [0.5, 0.6) is 0 Å². The van der Waals surface area contributed by atoms with E-state index in [1.807, 2.05) is 0 Å². The molecule has 0 radical (unpaired) electrons. The molecule has 0 bridgehead atoms. The van der Waals surface area contributed by atoms with Gasteiger partial charge in [0.25, 0.3) is 10.0 Å². The molecule has 0 aromatic heterocycles. The quantitative estimate of drug-likeness (QED) is 0.821. The lowest BCUT2D eigenvalue weighted by Crippen LogP contribution is -2.14. The Bertz CT molecular complexity index is 758. The Balaban J connectivity index is 2.42. The second kappa shape index (κ2) is 6.09. The summed E-state index contributed by atoms with van der Waals surface area (Å²) in [5, 5.41) is 2.26. The highest BCUT2D eigenvalue weighted by molar-refractivity contribution is 7.92. The van der Waals surface area contributed by atoms with Gasteiger partial charge in [0.05, 0.1) is 21.4 Å². The van der Waals surface area contributed by atoms with Crippen LogP contribution in [0.25, 0.3) is 0 Å². The Kier molecular flexibility index (Phi) is 4.61. The van der Waals surface area contributed by atoms with Crippen LogP contribution >= 0.6 is 23.2 Å². The monoisotopic (exact) mass is 348 g/mol. The maximum atomic E-state index is 13.3. The first kappa shape index (κ1) is 15.9. The van der Waals surface area contributed by atoms with Gasteiger partial charge in [-0.2, -0.15) is 0 Å². The average molecular weight is 349 g/mol. The third-order valence-corrected chi connectivity index (χ3v) is 4.67. The van der Waals surface area contributed by atoms with E-state index in [2.05, 4.69) is 10.0 Å². The molecule has 2 aromatic carbocycles. The predicted octanol–water partition coefficient (Wildman–Crippen LogP) is 3.98. The van der Waals surface area contributed by atoms with Crippen molar-refractivity contribution in [2.24, 2.45) is 0 Å². The van der Waals surface area contributed by atoms with Crippen molar-refractivity contribution < 1.29 is 12.8 Å². The maximum absolute atomic E-state index is 13.3. The summed E-state index contributed by atoms with van der Waals surface area (Å²) in [6, 6.07) is 8.68. The van der Waals surface area contributed by atoms with E-state index in [4.69, 9.17) is 23.2 Å². The average Bonchev–Trinajstić information content (AvgIpc) is 2.44. The smallest absolute Gasteiger partial charge is 0.263 e. The zero-order chi connectivity index (χ0) is 15.6. The number of hydrogen-bond acceptors (Lipinski definition) is 3. The maximum Gasteiger partial charge on any atom is 0.263 e. The van der Waals surface area contributed by atoms with Gasteiger partial charge in [-0.05, 0) is 24.3 Å². The Labute approximate surface area is 131 Å². The first-order valence-electron chi connectivity index (χ1n) is 5.79. The predicted molar refractivity (Wildman–Crippen MR) is 83.2 cm³/mol. The molecule has 0 amide bonds. The number of halogens is 3. The van der Waals surface area contributed by atoms with E-state index < -0.39 is 15.8 Å². The van der Waals surface area contributed by atoms with Crippen LogP contribution in [-0.4, -0.2) is 15.5 Å². The molecule has 21 heavy (non-hydrogen) atoms. The van der Waals surface area contributed by atoms with Gasteiger partial charge in [0.1, 0.15) is 4.90 Å². The lowest BCUT2D eigenvalue weighted by molar-refractivity contribution is 0.601. The van der Waals surface area contributed by atoms with Gasteiger partial charge in [-0.3, -0.25) is 4.72 Å². The van der Waals surface area contributed by atoms with Crippen molar-refractivity contribution in [1.82, 2.24) is 0 Å². The summed E-state index contributed by atoms with van der Waals surface area (Å²) in [6.45, 7) is 0. The minimum atomic E-state index is -3.85. The second-order valence-electron chi connectivity index (χ2n) is 4.11. The molecule has 2 rings (SSSR count). The van der Waals surface area contributed by atoms with Crippen molar-refractivity contribution in [1.29, 1.82) is 0 Å². The molecule has 0 saturated heterocycles. The van der Waals surface area contributed by atoms with Crippen molar-refractivity contribution in [3.63, 3.8) is 0 Å². The summed E-state index contributed by atoms with van der Waals surface area (Å²) >= 11 is 11.3. The van der Waals surface area contributed by atoms with Gasteiger partial charge < -0.3 is 5.32 Å². The van der Waals surface area contributed by atoms with Crippen LogP contribution in [0.3, 0.4) is 0 Å². The van der Waals surface area contributed by atoms with Crippen LogP contribution in [0.4, 0.5) is 15.8 Å². The van der Waals surface area contributed by atoms with E-state index in [1.165, 1.54) is 6.07 Å². The van der Waals surface area contributed by atoms with Crippen molar-refractivity contribution in [3.8, 4) is 0 Å². The summed E-state index contributed by atoms with van der Waals surface area (Å²) in [5.74, 6) is -0.795. The highest BCUT2D eigenvalue weighted by atomic mass is 35.5. The van der Waals surface area contributed by atoms with E-state index in [9.17, 15) is 12.8 Å². The molecule has 2 N–H and O–H groups in total. The molecule has 0 heterocycles. The van der Waals surface area contributed by atoms with Gasteiger partial charge in [-0.25, -0.2) is 12.8 Å². The normalized spacial score (nSPS) is 11.2. The van der Waals surface area contributed by atoms with Gasteiger partial charge in [0.15, 0.2) is 5.82 Å². The van der Waals surface area contributed by atoms with Crippen LogP contribution in [0.1, 0.15) is 0 Å². The third-order valence-electron chi connectivity index (χ3n) is 2.68. The Morgan fingerprint density at radius 1 is 1.10 bits per heavy atom. The van der Waals surface area contributed by atoms with E-state index >= 15 is 0 Å². The van der Waals surface area contributed by atoms with Gasteiger partial charge in [-0.15, -0.1) is 0 Å². The topological polar surface area (TPSA) is 58.2 Å². The third kappa shape index (κ3) is 3.40. The SMILES string of the molecule is CNc1ccccc1S(=O)(=O)Nc1cc(Cl)c(F)c(Cl)c1. The summed E-state index contributed by atoms with van der Waals surface area (Å²) in [7, 11) is -2.24. The van der Waals surface area contributed by atoms with Crippen LogP contribution in [-0.2, 0) is 10.0 Å². The van der Waals surface area contributed by atoms with Gasteiger partial charge in [0, 0.05) is 7.05 Å². The summed E-state index contributed by atoms with van der Waals surface area (Å²) < 4.78 is 40.4. The molecule has 0 unspecified atom stereocenters. The van der Waals surface area contributed by atoms with E-state index in [0.29, 0.717) is 5.69 Å². The molecule has 0 aliphatic heterocycles. The van der Waals surface area contributed by atoms with Crippen molar-refractivity contribution in [2.45, 2.75) is 4.90 Å². The molecular weight excluding hydrogens is 338 g/mol. The fraction of sp³-hybridized carbons (Fsp3) is 0.0769. The first-order valence-corrected chi connectivity index (χ1v) is 8.03. The Morgan fingerprint density at radius 2 is 1.67 bits per heavy atom. The molecule has 0 fully saturated rings. The second-order valence-corrected chi connectivity index (χ2v) is 6.57. The minimum absolute atomic E-state index is 0.0593. The van der Waals surface area contributed by atoms with Gasteiger partial charge in [-0.1, -0.05) is 35.3 Å². The standard InChI is InChI=1S/C13H11Cl2FN2O2S/c1-17-11-4-2-3-5-12(11)21(19,20)18-8-6-9(14)13(16)10(15)7-8/h2-7,17-18H,1H3. The van der Waals surface area contributed by atoms with Crippen LogP contribution in [0.2, 0.25) is 10.0 Å². The molecule has 112 valence electrons. The Hall–Kier alpha value is -1.50. The highest BCUT2D eigenvalue weighted by Gasteiger charge is 2.19. The number of nitrogens with one attached hydrogen (secondary N) is 2. The van der Waals surface area contributed by atoms with E-state index in [-0.39, 0.29) is 20.6 Å². The number of sulfonamides is 1. The first-order chi connectivity index (χ1) is 9.85. The highest BCUT2D eigenvalue weighted by Crippen LogP contribution is 2.29. The molecule has 0 saturated carbocycles. The zero-order valence-corrected chi connectivity index (χ0v) is 13.2. The largest absolute Gasteiger partial charge is 0.387 e. The molecular formula is C13H11Cl2FN2O2S. The van der Waals surface area contributed by atoms with Gasteiger partial charge in [0.2, 0.25) is 0 Å². The number of anilines is 2. The lowest BCUT2D eigenvalue weighted by atomic mass is 10.3. The summed E-state index contributed by atoms with van der Waals surface area (Å²) in [6.07, 6.45) is 0. The van der Waals surface area contributed by atoms with Crippen molar-refractivity contribution in [3.05, 3.63) is 52.3 Å². The van der Waals surface area contributed by atoms with Gasteiger partial charge >= 0.3 is 0 Å². The fourth-order valence-electron chi connectivity index (χ4n) is 1.73. The van der Waals surface area contributed by atoms with Crippen LogP contribution < -0.4 is 10.0 Å². The number of hydrogen-bond donors (Lipinski definition) is 2. The van der Waals surface area contributed by atoms with Crippen molar-refractivity contribution in [2.75, 3.05) is 17.1 Å². The Morgan fingerprint density at radius 3 is 2.24 bits per heavy atom. The van der Waals surface area contributed by atoms with E-state index in [1.54, 1.807) is 25.2 Å². The fourth-order valence-corrected chi connectivity index (χ4v) is 3.47.